The lowest BCUT2D eigenvalue weighted by atomic mass is 9.30. The molecular weight excluding hydrogens is 401 g/mol. The first kappa shape index (κ1) is 18.5. The van der Waals surface area contributed by atoms with E-state index in [1.54, 1.807) is 0 Å². The largest absolute Gasteiger partial charge is 0.457 e. The van der Waals surface area contributed by atoms with E-state index in [-0.39, 0.29) is 6.71 Å². The Labute approximate surface area is 193 Å². The zero-order valence-electron chi connectivity index (χ0n) is 18.0. The summed E-state index contributed by atoms with van der Waals surface area (Å²) in [6, 6.07) is 38.8. The molecule has 1 aromatic heterocycles. The molecule has 0 atom stereocenters. The number of hydrogen-bond acceptors (Lipinski definition) is 2. The molecule has 0 fully saturated rings. The Balaban J connectivity index is 1.67. The van der Waals surface area contributed by atoms with Crippen LogP contribution in [0.2, 0.25) is 0 Å². The lowest BCUT2D eigenvalue weighted by Gasteiger charge is -2.46. The Kier molecular flexibility index (Phi) is 3.89. The number of nitrogens with zero attached hydrogens (tertiary/aromatic N) is 1. The number of rotatable bonds is 1. The lowest BCUT2D eigenvalue weighted by Crippen LogP contribution is -2.62. The topological polar surface area (TPSA) is 22.1 Å². The van der Waals surface area contributed by atoms with E-state index < -0.39 is 5.41 Å². The summed E-state index contributed by atoms with van der Waals surface area (Å²) in [6.45, 7) is 0.146. The molecule has 3 heteroatoms. The van der Waals surface area contributed by atoms with E-state index in [4.69, 9.17) is 4.74 Å². The molecule has 0 unspecified atom stereocenters. The van der Waals surface area contributed by atoms with Gasteiger partial charge in [0.15, 0.2) is 0 Å². The van der Waals surface area contributed by atoms with Gasteiger partial charge in [-0.3, -0.25) is 4.98 Å². The second kappa shape index (κ2) is 6.95. The molecule has 154 valence electrons. The summed E-state index contributed by atoms with van der Waals surface area (Å²) in [6.07, 6.45) is 3.99. The first-order valence-corrected chi connectivity index (χ1v) is 11.3. The Morgan fingerprint density at radius 1 is 0.545 bits per heavy atom. The van der Waals surface area contributed by atoms with Crippen LogP contribution in [-0.4, -0.2) is 11.7 Å². The number of ether oxygens (including phenoxy) is 1. The van der Waals surface area contributed by atoms with Crippen molar-refractivity contribution in [3.8, 4) is 11.5 Å². The predicted molar refractivity (Wildman–Crippen MR) is 134 cm³/mol. The third-order valence-corrected chi connectivity index (χ3v) is 7.18. The highest BCUT2D eigenvalue weighted by Crippen LogP contribution is 2.55. The van der Waals surface area contributed by atoms with Crippen molar-refractivity contribution < 1.29 is 4.74 Å². The van der Waals surface area contributed by atoms with E-state index in [1.807, 2.05) is 18.3 Å². The SMILES string of the molecule is c1ccc(B2c3ccccc3C3(c4ccccc4Oc4ccccc43)c3cnccc32)cc1. The highest BCUT2D eigenvalue weighted by Gasteiger charge is 2.51. The summed E-state index contributed by atoms with van der Waals surface area (Å²) in [5.41, 5.74) is 8.27. The van der Waals surface area contributed by atoms with Crippen LogP contribution in [0.4, 0.5) is 0 Å². The van der Waals surface area contributed by atoms with Crippen LogP contribution in [0, 0.1) is 0 Å². The van der Waals surface area contributed by atoms with Crippen molar-refractivity contribution in [1.29, 1.82) is 0 Å². The Morgan fingerprint density at radius 3 is 1.85 bits per heavy atom. The molecule has 2 aliphatic rings. The first-order chi connectivity index (χ1) is 16.4. The molecule has 0 amide bonds. The minimum atomic E-state index is -0.489. The quantitative estimate of drug-likeness (QED) is 0.367. The zero-order valence-corrected chi connectivity index (χ0v) is 18.0. The third kappa shape index (κ3) is 2.42. The van der Waals surface area contributed by atoms with E-state index in [2.05, 4.69) is 108 Å². The van der Waals surface area contributed by atoms with E-state index in [0.29, 0.717) is 0 Å². The molecule has 4 aromatic carbocycles. The maximum absolute atomic E-state index is 6.43. The second-order valence-electron chi connectivity index (χ2n) is 8.74. The number of aromatic nitrogens is 1. The van der Waals surface area contributed by atoms with Gasteiger partial charge in [-0.05, 0) is 29.3 Å². The minimum Gasteiger partial charge on any atom is -0.457 e. The number of pyridine rings is 1. The van der Waals surface area contributed by atoms with E-state index in [9.17, 15) is 0 Å². The summed E-state index contributed by atoms with van der Waals surface area (Å²) < 4.78 is 6.43. The zero-order chi connectivity index (χ0) is 21.8. The Hall–Kier alpha value is -4.11. The van der Waals surface area contributed by atoms with Crippen LogP contribution < -0.4 is 21.1 Å². The van der Waals surface area contributed by atoms with Gasteiger partial charge in [-0.15, -0.1) is 0 Å². The van der Waals surface area contributed by atoms with Gasteiger partial charge in [-0.25, -0.2) is 0 Å². The van der Waals surface area contributed by atoms with Crippen LogP contribution in [-0.2, 0) is 5.41 Å². The summed E-state index contributed by atoms with van der Waals surface area (Å²) in [5.74, 6) is 1.80. The van der Waals surface area contributed by atoms with Gasteiger partial charge in [-0.2, -0.15) is 0 Å². The molecule has 5 aromatic rings. The Morgan fingerprint density at radius 2 is 1.12 bits per heavy atom. The minimum absolute atomic E-state index is 0.146. The van der Waals surface area contributed by atoms with Gasteiger partial charge in [0.1, 0.15) is 11.5 Å². The molecule has 0 saturated heterocycles. The van der Waals surface area contributed by atoms with E-state index >= 15 is 0 Å². The fourth-order valence-corrected chi connectivity index (χ4v) is 5.95. The van der Waals surface area contributed by atoms with Gasteiger partial charge in [0, 0.05) is 23.5 Å². The molecule has 2 nitrogen and oxygen atoms in total. The van der Waals surface area contributed by atoms with Crippen molar-refractivity contribution in [2.24, 2.45) is 0 Å². The number of fused-ring (bicyclic) bond motifs is 8. The highest BCUT2D eigenvalue weighted by molar-refractivity contribution is 6.96. The molecule has 0 N–H and O–H groups in total. The molecule has 7 rings (SSSR count). The monoisotopic (exact) mass is 421 g/mol. The third-order valence-electron chi connectivity index (χ3n) is 7.18. The van der Waals surface area contributed by atoms with Gasteiger partial charge < -0.3 is 4.74 Å². The Bertz CT molecular complexity index is 1420. The standard InChI is InChI=1S/C30H20BNO/c1-2-10-21(11-3-1)31-26-15-7-4-12-22(26)30(25-20-32-19-18-27(25)31)23-13-5-8-16-28(23)33-29-17-9-6-14-24(29)30/h1-20H. The highest BCUT2D eigenvalue weighted by atomic mass is 16.5. The average molecular weight is 421 g/mol. The van der Waals surface area contributed by atoms with Crippen molar-refractivity contribution in [1.82, 2.24) is 4.98 Å². The summed E-state index contributed by atoms with van der Waals surface area (Å²) in [7, 11) is 0. The summed E-state index contributed by atoms with van der Waals surface area (Å²) in [4.78, 5) is 4.65. The molecular formula is C30H20BNO. The molecule has 0 aliphatic carbocycles. The van der Waals surface area contributed by atoms with Crippen molar-refractivity contribution in [2.75, 3.05) is 0 Å². The summed E-state index contributed by atoms with van der Waals surface area (Å²) >= 11 is 0. The van der Waals surface area contributed by atoms with Crippen molar-refractivity contribution in [2.45, 2.75) is 5.41 Å². The van der Waals surface area contributed by atoms with Crippen LogP contribution in [0.15, 0.2) is 122 Å². The van der Waals surface area contributed by atoms with E-state index in [0.717, 1.165) is 22.6 Å². The predicted octanol–water partition coefficient (Wildman–Crippen LogP) is 4.40. The van der Waals surface area contributed by atoms with Crippen molar-refractivity contribution >= 4 is 23.1 Å². The first-order valence-electron chi connectivity index (χ1n) is 11.3. The van der Waals surface area contributed by atoms with Crippen molar-refractivity contribution in [3.63, 3.8) is 0 Å². The smallest absolute Gasteiger partial charge is 0.242 e. The molecule has 0 saturated carbocycles. The fraction of sp³-hybridized carbons (Fsp3) is 0.0333. The summed E-state index contributed by atoms with van der Waals surface area (Å²) in [5, 5.41) is 0. The lowest BCUT2D eigenvalue weighted by molar-refractivity contribution is 0.435. The van der Waals surface area contributed by atoms with Gasteiger partial charge >= 0.3 is 0 Å². The van der Waals surface area contributed by atoms with Gasteiger partial charge in [-0.1, -0.05) is 107 Å². The fourth-order valence-electron chi connectivity index (χ4n) is 5.95. The molecule has 0 radical (unpaired) electrons. The molecule has 1 spiro atoms. The molecule has 2 aliphatic heterocycles. The number of hydrogen-bond donors (Lipinski definition) is 0. The normalized spacial score (nSPS) is 14.5. The van der Waals surface area contributed by atoms with Crippen LogP contribution in [0.25, 0.3) is 0 Å². The molecule has 0 bridgehead atoms. The van der Waals surface area contributed by atoms with Crippen LogP contribution in [0.1, 0.15) is 22.3 Å². The van der Waals surface area contributed by atoms with Gasteiger partial charge in [0.2, 0.25) is 6.71 Å². The molecule has 33 heavy (non-hydrogen) atoms. The van der Waals surface area contributed by atoms with Gasteiger partial charge in [0.25, 0.3) is 0 Å². The van der Waals surface area contributed by atoms with Gasteiger partial charge in [0.05, 0.1) is 5.41 Å². The van der Waals surface area contributed by atoms with Crippen LogP contribution >= 0.6 is 0 Å². The van der Waals surface area contributed by atoms with Crippen molar-refractivity contribution in [3.05, 3.63) is 144 Å². The second-order valence-corrected chi connectivity index (χ2v) is 8.74. The number of para-hydroxylation sites is 2. The van der Waals surface area contributed by atoms with Crippen LogP contribution in [0.3, 0.4) is 0 Å². The van der Waals surface area contributed by atoms with E-state index in [1.165, 1.54) is 27.5 Å². The maximum Gasteiger partial charge on any atom is 0.242 e. The van der Waals surface area contributed by atoms with Crippen LogP contribution in [0.5, 0.6) is 11.5 Å². The average Bonchev–Trinajstić information content (AvgIpc) is 2.89. The number of benzene rings is 4. The maximum atomic E-state index is 6.43. The molecule has 3 heterocycles.